The van der Waals surface area contributed by atoms with Crippen LogP contribution < -0.4 is 11.3 Å². The van der Waals surface area contributed by atoms with Crippen LogP contribution in [0.1, 0.15) is 29.7 Å². The topological polar surface area (TPSA) is 68.8 Å². The van der Waals surface area contributed by atoms with E-state index in [1.165, 1.54) is 5.56 Å². The van der Waals surface area contributed by atoms with Crippen LogP contribution in [-0.4, -0.2) is 14.8 Å². The highest BCUT2D eigenvalue weighted by Gasteiger charge is 2.16. The number of nitrogens with two attached hydrogens (primary N) is 1. The van der Waals surface area contributed by atoms with E-state index in [2.05, 4.69) is 22.4 Å². The van der Waals surface area contributed by atoms with Gasteiger partial charge in [-0.05, 0) is 23.6 Å². The maximum Gasteiger partial charge on any atom is 0.0744 e. The Morgan fingerprint density at radius 3 is 2.88 bits per heavy atom. The molecule has 5 heteroatoms. The minimum absolute atomic E-state index is 0.0401. The summed E-state index contributed by atoms with van der Waals surface area (Å²) in [4.78, 5) is 4.14. The normalized spacial score (nSPS) is 12.6. The van der Waals surface area contributed by atoms with Crippen LogP contribution in [0, 0.1) is 0 Å². The van der Waals surface area contributed by atoms with Gasteiger partial charge < -0.3 is 0 Å². The highest BCUT2D eigenvalue weighted by molar-refractivity contribution is 5.33. The van der Waals surface area contributed by atoms with Gasteiger partial charge in [-0.3, -0.25) is 15.5 Å². The number of nitrogens with one attached hydrogen (secondary N) is 1. The summed E-state index contributed by atoms with van der Waals surface area (Å²) < 4.78 is 1.77. The van der Waals surface area contributed by atoms with E-state index >= 15 is 0 Å². The number of aryl methyl sites for hydroxylation is 2. The highest BCUT2D eigenvalue weighted by atomic mass is 15.3. The Morgan fingerprint density at radius 1 is 1.47 bits per heavy atom. The Morgan fingerprint density at radius 2 is 2.29 bits per heavy atom. The molecule has 2 rings (SSSR count). The number of nitrogens with zero attached hydrogens (tertiary/aromatic N) is 3. The quantitative estimate of drug-likeness (QED) is 0.606. The molecule has 3 N–H and O–H groups in total. The summed E-state index contributed by atoms with van der Waals surface area (Å²) in [5.41, 5.74) is 6.24. The average Bonchev–Trinajstić information content (AvgIpc) is 2.77. The summed E-state index contributed by atoms with van der Waals surface area (Å²) in [5, 5.41) is 4.17. The zero-order valence-electron chi connectivity index (χ0n) is 10.1. The zero-order chi connectivity index (χ0) is 12.3. The fraction of sp³-hybridized carbons (Fsp3) is 0.333. The van der Waals surface area contributed by atoms with Gasteiger partial charge in [0.2, 0.25) is 0 Å². The summed E-state index contributed by atoms with van der Waals surface area (Å²) in [6, 6.07) is 1.96. The van der Waals surface area contributed by atoms with Gasteiger partial charge in [-0.2, -0.15) is 5.10 Å². The van der Waals surface area contributed by atoms with Gasteiger partial charge >= 0.3 is 0 Å². The maximum atomic E-state index is 5.66. The first-order valence-corrected chi connectivity index (χ1v) is 5.63. The summed E-state index contributed by atoms with van der Waals surface area (Å²) in [7, 11) is 1.89. The van der Waals surface area contributed by atoms with Crippen LogP contribution in [0.3, 0.4) is 0 Å². The van der Waals surface area contributed by atoms with Crippen molar-refractivity contribution in [1.29, 1.82) is 0 Å². The van der Waals surface area contributed by atoms with Crippen molar-refractivity contribution >= 4 is 0 Å². The standard InChI is InChI=1S/C12H17N5/c1-3-9-6-14-5-4-11(9)12(16-13)10-7-15-17(2)8-10/h4-8,12,16H,3,13H2,1-2H3. The number of pyridine rings is 1. The van der Waals surface area contributed by atoms with Gasteiger partial charge in [-0.1, -0.05) is 6.92 Å². The molecule has 1 atom stereocenters. The molecule has 2 aromatic rings. The third-order valence-corrected chi connectivity index (χ3v) is 2.86. The van der Waals surface area contributed by atoms with Crippen molar-refractivity contribution in [1.82, 2.24) is 20.2 Å². The smallest absolute Gasteiger partial charge is 0.0744 e. The molecule has 2 aromatic heterocycles. The number of rotatable bonds is 4. The fourth-order valence-electron chi connectivity index (χ4n) is 1.97. The lowest BCUT2D eigenvalue weighted by molar-refractivity contribution is 0.629. The third kappa shape index (κ3) is 2.35. The van der Waals surface area contributed by atoms with E-state index in [4.69, 9.17) is 5.84 Å². The van der Waals surface area contributed by atoms with Crippen molar-refractivity contribution in [3.63, 3.8) is 0 Å². The van der Waals surface area contributed by atoms with Crippen LogP contribution in [0.4, 0.5) is 0 Å². The first-order chi connectivity index (χ1) is 8.26. The van der Waals surface area contributed by atoms with Gasteiger partial charge in [0, 0.05) is 31.2 Å². The van der Waals surface area contributed by atoms with Crippen LogP contribution in [0.2, 0.25) is 0 Å². The number of hydrogen-bond acceptors (Lipinski definition) is 4. The van der Waals surface area contributed by atoms with Crippen molar-refractivity contribution in [2.75, 3.05) is 0 Å². The first kappa shape index (κ1) is 11.8. The number of aromatic nitrogens is 3. The van der Waals surface area contributed by atoms with Crippen LogP contribution in [0.25, 0.3) is 0 Å². The van der Waals surface area contributed by atoms with E-state index in [1.54, 1.807) is 10.9 Å². The predicted molar refractivity (Wildman–Crippen MR) is 66.0 cm³/mol. The molecule has 0 fully saturated rings. The zero-order valence-corrected chi connectivity index (χ0v) is 10.1. The third-order valence-electron chi connectivity index (χ3n) is 2.86. The molecule has 2 heterocycles. The molecule has 17 heavy (non-hydrogen) atoms. The maximum absolute atomic E-state index is 5.66. The van der Waals surface area contributed by atoms with Crippen LogP contribution >= 0.6 is 0 Å². The first-order valence-electron chi connectivity index (χ1n) is 5.63. The monoisotopic (exact) mass is 231 g/mol. The van der Waals surface area contributed by atoms with Gasteiger partial charge in [0.05, 0.1) is 12.2 Å². The Kier molecular flexibility index (Phi) is 3.51. The molecule has 0 bridgehead atoms. The molecule has 0 aliphatic heterocycles. The van der Waals surface area contributed by atoms with E-state index in [9.17, 15) is 0 Å². The number of hydrazine groups is 1. The van der Waals surface area contributed by atoms with Crippen molar-refractivity contribution in [2.45, 2.75) is 19.4 Å². The van der Waals surface area contributed by atoms with E-state index in [0.29, 0.717) is 0 Å². The lowest BCUT2D eigenvalue weighted by atomic mass is 9.97. The molecule has 0 aliphatic carbocycles. The second-order valence-electron chi connectivity index (χ2n) is 3.98. The average molecular weight is 231 g/mol. The minimum atomic E-state index is -0.0401. The lowest BCUT2D eigenvalue weighted by Gasteiger charge is -2.17. The summed E-state index contributed by atoms with van der Waals surface area (Å²) in [6.07, 6.45) is 8.39. The second-order valence-corrected chi connectivity index (χ2v) is 3.98. The van der Waals surface area contributed by atoms with E-state index in [-0.39, 0.29) is 6.04 Å². The van der Waals surface area contributed by atoms with Gasteiger partial charge in [-0.15, -0.1) is 0 Å². The molecule has 90 valence electrons. The molecule has 0 spiro atoms. The molecule has 5 nitrogen and oxygen atoms in total. The Hall–Kier alpha value is -1.72. The van der Waals surface area contributed by atoms with Crippen LogP contribution in [0.5, 0.6) is 0 Å². The van der Waals surface area contributed by atoms with E-state index < -0.39 is 0 Å². The van der Waals surface area contributed by atoms with Crippen molar-refractivity contribution in [2.24, 2.45) is 12.9 Å². The van der Waals surface area contributed by atoms with Crippen molar-refractivity contribution < 1.29 is 0 Å². The van der Waals surface area contributed by atoms with Crippen LogP contribution in [-0.2, 0) is 13.5 Å². The van der Waals surface area contributed by atoms with E-state index in [1.807, 2.05) is 31.7 Å². The minimum Gasteiger partial charge on any atom is -0.275 e. The SMILES string of the molecule is CCc1cnccc1C(NN)c1cnn(C)c1. The second kappa shape index (κ2) is 5.07. The molecular formula is C12H17N5. The molecule has 0 saturated carbocycles. The Bertz CT molecular complexity index is 491. The summed E-state index contributed by atoms with van der Waals surface area (Å²) in [5.74, 6) is 5.66. The van der Waals surface area contributed by atoms with Crippen molar-refractivity contribution in [3.8, 4) is 0 Å². The molecule has 0 radical (unpaired) electrons. The van der Waals surface area contributed by atoms with Gasteiger partial charge in [-0.25, -0.2) is 5.43 Å². The van der Waals surface area contributed by atoms with Gasteiger partial charge in [0.15, 0.2) is 0 Å². The Labute approximate surface area is 101 Å². The Balaban J connectivity index is 2.41. The van der Waals surface area contributed by atoms with Gasteiger partial charge in [0.25, 0.3) is 0 Å². The van der Waals surface area contributed by atoms with Crippen molar-refractivity contribution in [3.05, 3.63) is 47.5 Å². The summed E-state index contributed by atoms with van der Waals surface area (Å²) >= 11 is 0. The molecule has 0 amide bonds. The van der Waals surface area contributed by atoms with Gasteiger partial charge in [0.1, 0.15) is 0 Å². The molecule has 0 saturated heterocycles. The molecular weight excluding hydrogens is 214 g/mol. The predicted octanol–water partition coefficient (Wildman–Crippen LogP) is 0.930. The summed E-state index contributed by atoms with van der Waals surface area (Å²) in [6.45, 7) is 2.11. The molecule has 0 aliphatic rings. The lowest BCUT2D eigenvalue weighted by Crippen LogP contribution is -2.29. The highest BCUT2D eigenvalue weighted by Crippen LogP contribution is 2.23. The number of hydrogen-bond donors (Lipinski definition) is 2. The fourth-order valence-corrected chi connectivity index (χ4v) is 1.97. The molecule has 0 aromatic carbocycles. The van der Waals surface area contributed by atoms with E-state index in [0.717, 1.165) is 17.5 Å². The molecule has 1 unspecified atom stereocenters. The largest absolute Gasteiger partial charge is 0.275 e. The van der Waals surface area contributed by atoms with Crippen LogP contribution in [0.15, 0.2) is 30.9 Å².